The Hall–Kier alpha value is -1.05. The first-order chi connectivity index (χ1) is 6.74. The number of nitrogens with one attached hydrogen (secondary N) is 1. The molecule has 0 radical (unpaired) electrons. The van der Waals surface area contributed by atoms with E-state index in [2.05, 4.69) is 12.2 Å². The van der Waals surface area contributed by atoms with E-state index in [1.54, 1.807) is 13.0 Å². The number of hydrogen-bond donors (Lipinski definition) is 1. The van der Waals surface area contributed by atoms with Crippen LogP contribution in [0.1, 0.15) is 31.7 Å². The van der Waals surface area contributed by atoms with Crippen LogP contribution in [0.15, 0.2) is 18.2 Å². The highest BCUT2D eigenvalue weighted by molar-refractivity contribution is 5.45. The summed E-state index contributed by atoms with van der Waals surface area (Å²) in [6.07, 6.45) is 3.64. The molecule has 0 amide bonds. The largest absolute Gasteiger partial charge is 0.385 e. The highest BCUT2D eigenvalue weighted by Gasteiger charge is 1.97. The molecular formula is C12H18FN. The van der Waals surface area contributed by atoms with Gasteiger partial charge in [0.05, 0.1) is 0 Å². The second-order valence-electron chi connectivity index (χ2n) is 3.60. The molecule has 2 heteroatoms. The molecule has 0 unspecified atom stereocenters. The van der Waals surface area contributed by atoms with Gasteiger partial charge in [-0.3, -0.25) is 0 Å². The minimum Gasteiger partial charge on any atom is -0.385 e. The molecule has 0 aliphatic carbocycles. The first kappa shape index (κ1) is 11.0. The molecule has 0 aromatic heterocycles. The molecule has 0 fully saturated rings. The Morgan fingerprint density at radius 3 is 2.71 bits per heavy atom. The summed E-state index contributed by atoms with van der Waals surface area (Å²) in [5, 5.41) is 3.28. The molecule has 0 saturated heterocycles. The Balaban J connectivity index is 2.39. The van der Waals surface area contributed by atoms with Gasteiger partial charge in [-0.15, -0.1) is 0 Å². The second kappa shape index (κ2) is 5.63. The molecular weight excluding hydrogens is 177 g/mol. The van der Waals surface area contributed by atoms with Crippen LogP contribution in [0.3, 0.4) is 0 Å². The SMILES string of the molecule is CCCCCNc1ccc(F)c(C)c1. The van der Waals surface area contributed by atoms with E-state index in [1.807, 2.05) is 6.07 Å². The van der Waals surface area contributed by atoms with Crippen LogP contribution >= 0.6 is 0 Å². The van der Waals surface area contributed by atoms with Crippen LogP contribution < -0.4 is 5.32 Å². The molecule has 0 saturated carbocycles. The Labute approximate surface area is 85.3 Å². The molecule has 1 N–H and O–H groups in total. The lowest BCUT2D eigenvalue weighted by molar-refractivity contribution is 0.618. The van der Waals surface area contributed by atoms with E-state index in [-0.39, 0.29) is 5.82 Å². The van der Waals surface area contributed by atoms with Crippen LogP contribution in [0.4, 0.5) is 10.1 Å². The molecule has 0 aliphatic heterocycles. The number of benzene rings is 1. The number of aryl methyl sites for hydroxylation is 1. The van der Waals surface area contributed by atoms with Gasteiger partial charge in [-0.2, -0.15) is 0 Å². The second-order valence-corrected chi connectivity index (χ2v) is 3.60. The van der Waals surface area contributed by atoms with Crippen molar-refractivity contribution in [1.82, 2.24) is 0 Å². The summed E-state index contributed by atoms with van der Waals surface area (Å²) in [4.78, 5) is 0. The van der Waals surface area contributed by atoms with Gasteiger partial charge in [0.2, 0.25) is 0 Å². The first-order valence-electron chi connectivity index (χ1n) is 5.24. The van der Waals surface area contributed by atoms with Crippen LogP contribution in [0.2, 0.25) is 0 Å². The maximum atomic E-state index is 12.9. The lowest BCUT2D eigenvalue weighted by Gasteiger charge is -2.06. The number of unbranched alkanes of at least 4 members (excludes halogenated alkanes) is 2. The summed E-state index contributed by atoms with van der Waals surface area (Å²) in [5.41, 5.74) is 1.71. The molecule has 0 bridgehead atoms. The zero-order chi connectivity index (χ0) is 10.4. The first-order valence-corrected chi connectivity index (χ1v) is 5.24. The lowest BCUT2D eigenvalue weighted by atomic mass is 10.2. The Kier molecular flexibility index (Phi) is 4.44. The van der Waals surface area contributed by atoms with Gasteiger partial charge in [-0.05, 0) is 37.1 Å². The van der Waals surface area contributed by atoms with Gasteiger partial charge in [0, 0.05) is 12.2 Å². The monoisotopic (exact) mass is 195 g/mol. The predicted octanol–water partition coefficient (Wildman–Crippen LogP) is 3.74. The molecule has 1 rings (SSSR count). The molecule has 78 valence electrons. The molecule has 0 spiro atoms. The van der Waals surface area contributed by atoms with Crippen molar-refractivity contribution in [3.05, 3.63) is 29.6 Å². The van der Waals surface area contributed by atoms with E-state index in [4.69, 9.17) is 0 Å². The van der Waals surface area contributed by atoms with Crippen LogP contribution in [0, 0.1) is 12.7 Å². The van der Waals surface area contributed by atoms with Crippen molar-refractivity contribution in [2.24, 2.45) is 0 Å². The molecule has 0 heterocycles. The molecule has 0 atom stereocenters. The minimum absolute atomic E-state index is 0.135. The van der Waals surface area contributed by atoms with E-state index < -0.39 is 0 Å². The van der Waals surface area contributed by atoms with Crippen LogP contribution in [-0.2, 0) is 0 Å². The normalized spacial score (nSPS) is 10.2. The fourth-order valence-electron chi connectivity index (χ4n) is 1.36. The average molecular weight is 195 g/mol. The summed E-state index contributed by atoms with van der Waals surface area (Å²) >= 11 is 0. The van der Waals surface area contributed by atoms with E-state index in [0.29, 0.717) is 5.56 Å². The molecule has 0 aliphatic rings. The summed E-state index contributed by atoms with van der Waals surface area (Å²) < 4.78 is 12.9. The molecule has 1 aromatic carbocycles. The zero-order valence-corrected chi connectivity index (χ0v) is 8.94. The van der Waals surface area contributed by atoms with Crippen molar-refractivity contribution in [2.45, 2.75) is 33.1 Å². The third-order valence-electron chi connectivity index (χ3n) is 2.27. The fraction of sp³-hybridized carbons (Fsp3) is 0.500. The van der Waals surface area contributed by atoms with Gasteiger partial charge >= 0.3 is 0 Å². The van der Waals surface area contributed by atoms with Gasteiger partial charge in [0.25, 0.3) is 0 Å². The van der Waals surface area contributed by atoms with E-state index in [9.17, 15) is 4.39 Å². The predicted molar refractivity (Wildman–Crippen MR) is 59.2 cm³/mol. The lowest BCUT2D eigenvalue weighted by Crippen LogP contribution is -2.01. The van der Waals surface area contributed by atoms with Gasteiger partial charge < -0.3 is 5.32 Å². The quantitative estimate of drug-likeness (QED) is 0.706. The fourth-order valence-corrected chi connectivity index (χ4v) is 1.36. The third-order valence-corrected chi connectivity index (χ3v) is 2.27. The number of rotatable bonds is 5. The Morgan fingerprint density at radius 1 is 1.29 bits per heavy atom. The maximum Gasteiger partial charge on any atom is 0.126 e. The van der Waals surface area contributed by atoms with Gasteiger partial charge in [-0.25, -0.2) is 4.39 Å². The Bertz CT molecular complexity index is 284. The molecule has 14 heavy (non-hydrogen) atoms. The summed E-state index contributed by atoms with van der Waals surface area (Å²) in [6.45, 7) is 4.94. The Morgan fingerprint density at radius 2 is 2.07 bits per heavy atom. The van der Waals surface area contributed by atoms with Crippen molar-refractivity contribution >= 4 is 5.69 Å². The number of anilines is 1. The third kappa shape index (κ3) is 3.36. The smallest absolute Gasteiger partial charge is 0.126 e. The summed E-state index contributed by atoms with van der Waals surface area (Å²) in [5.74, 6) is -0.135. The van der Waals surface area contributed by atoms with Crippen LogP contribution in [-0.4, -0.2) is 6.54 Å². The van der Waals surface area contributed by atoms with Crippen molar-refractivity contribution in [1.29, 1.82) is 0 Å². The highest BCUT2D eigenvalue weighted by atomic mass is 19.1. The highest BCUT2D eigenvalue weighted by Crippen LogP contribution is 2.13. The van der Waals surface area contributed by atoms with Crippen LogP contribution in [0.5, 0.6) is 0 Å². The van der Waals surface area contributed by atoms with Crippen molar-refractivity contribution in [3.63, 3.8) is 0 Å². The van der Waals surface area contributed by atoms with Crippen LogP contribution in [0.25, 0.3) is 0 Å². The van der Waals surface area contributed by atoms with Gasteiger partial charge in [0.15, 0.2) is 0 Å². The van der Waals surface area contributed by atoms with Gasteiger partial charge in [0.1, 0.15) is 5.82 Å². The summed E-state index contributed by atoms with van der Waals surface area (Å²) in [6, 6.07) is 5.15. The average Bonchev–Trinajstić information content (AvgIpc) is 2.18. The van der Waals surface area contributed by atoms with E-state index in [0.717, 1.165) is 12.2 Å². The maximum absolute atomic E-state index is 12.9. The van der Waals surface area contributed by atoms with Gasteiger partial charge in [-0.1, -0.05) is 19.8 Å². The molecule has 1 aromatic rings. The van der Waals surface area contributed by atoms with Crippen molar-refractivity contribution in [2.75, 3.05) is 11.9 Å². The number of hydrogen-bond acceptors (Lipinski definition) is 1. The van der Waals surface area contributed by atoms with Crippen molar-refractivity contribution in [3.8, 4) is 0 Å². The molecule has 1 nitrogen and oxygen atoms in total. The minimum atomic E-state index is -0.135. The van der Waals surface area contributed by atoms with E-state index in [1.165, 1.54) is 25.3 Å². The topological polar surface area (TPSA) is 12.0 Å². The number of halogens is 1. The summed E-state index contributed by atoms with van der Waals surface area (Å²) in [7, 11) is 0. The zero-order valence-electron chi connectivity index (χ0n) is 8.94. The van der Waals surface area contributed by atoms with Crippen molar-refractivity contribution < 1.29 is 4.39 Å². The van der Waals surface area contributed by atoms with E-state index >= 15 is 0 Å². The standard InChI is InChI=1S/C12H18FN/c1-3-4-5-8-14-11-6-7-12(13)10(2)9-11/h6-7,9,14H,3-5,8H2,1-2H3.